The van der Waals surface area contributed by atoms with Gasteiger partial charge in [-0.1, -0.05) is 44.0 Å². The standard InChI is InChI=1S/C26H31Br2FN2O3/c1-25(2,3)34-24(33)31-11-9-26(10-12-31,19-5-7-22(29)8-6-19)16-23(32)30(4)17-18-13-20(27)15-21(28)14-18/h5-8,13-15H,9-12,16-17H2,1-4H3. The molecule has 0 spiro atoms. The highest BCUT2D eigenvalue weighted by atomic mass is 79.9. The molecule has 8 heteroatoms. The third-order valence-corrected chi connectivity index (χ3v) is 7.00. The fourth-order valence-electron chi connectivity index (χ4n) is 4.30. The number of amides is 2. The monoisotopic (exact) mass is 596 g/mol. The maximum absolute atomic E-state index is 13.7. The summed E-state index contributed by atoms with van der Waals surface area (Å²) in [5, 5.41) is 0. The van der Waals surface area contributed by atoms with Crippen LogP contribution in [0.15, 0.2) is 51.4 Å². The van der Waals surface area contributed by atoms with Crippen LogP contribution < -0.4 is 0 Å². The molecular formula is C26H31Br2FN2O3. The van der Waals surface area contributed by atoms with Gasteiger partial charge in [-0.2, -0.15) is 0 Å². The molecule has 2 aromatic rings. The molecule has 0 saturated carbocycles. The van der Waals surface area contributed by atoms with Crippen molar-refractivity contribution in [3.05, 3.63) is 68.4 Å². The fraction of sp³-hybridized carbons (Fsp3) is 0.462. The molecule has 0 aliphatic carbocycles. The highest BCUT2D eigenvalue weighted by molar-refractivity contribution is 9.11. The Kier molecular flexibility index (Phi) is 8.45. The minimum Gasteiger partial charge on any atom is -0.444 e. The summed E-state index contributed by atoms with van der Waals surface area (Å²) in [7, 11) is 1.80. The van der Waals surface area contributed by atoms with E-state index in [0.717, 1.165) is 20.1 Å². The molecule has 0 N–H and O–H groups in total. The summed E-state index contributed by atoms with van der Waals surface area (Å²) in [6.07, 6.45) is 1.13. The maximum atomic E-state index is 13.7. The van der Waals surface area contributed by atoms with Crippen LogP contribution in [0.4, 0.5) is 9.18 Å². The molecule has 3 rings (SSSR count). The molecule has 2 aromatic carbocycles. The Hall–Kier alpha value is -1.93. The summed E-state index contributed by atoms with van der Waals surface area (Å²) >= 11 is 6.99. The molecule has 0 unspecified atom stereocenters. The molecule has 0 atom stereocenters. The predicted molar refractivity (Wildman–Crippen MR) is 138 cm³/mol. The zero-order valence-corrected chi connectivity index (χ0v) is 23.2. The van der Waals surface area contributed by atoms with Crippen LogP contribution in [0.2, 0.25) is 0 Å². The van der Waals surface area contributed by atoms with Crippen molar-refractivity contribution >= 4 is 43.9 Å². The predicted octanol–water partition coefficient (Wildman–Crippen LogP) is 6.67. The highest BCUT2D eigenvalue weighted by Crippen LogP contribution is 2.40. The van der Waals surface area contributed by atoms with Crippen molar-refractivity contribution in [1.29, 1.82) is 0 Å². The average molecular weight is 598 g/mol. The summed E-state index contributed by atoms with van der Waals surface area (Å²) in [5.41, 5.74) is 0.885. The van der Waals surface area contributed by atoms with Crippen LogP contribution >= 0.6 is 31.9 Å². The lowest BCUT2D eigenvalue weighted by Gasteiger charge is -2.42. The number of piperidine rings is 1. The maximum Gasteiger partial charge on any atom is 0.410 e. The van der Waals surface area contributed by atoms with Gasteiger partial charge in [-0.3, -0.25) is 4.79 Å². The Morgan fingerprint density at radius 1 is 1.06 bits per heavy atom. The Morgan fingerprint density at radius 2 is 1.62 bits per heavy atom. The van der Waals surface area contributed by atoms with E-state index in [4.69, 9.17) is 4.74 Å². The fourth-order valence-corrected chi connectivity index (χ4v) is 5.69. The summed E-state index contributed by atoms with van der Waals surface area (Å²) in [5.74, 6) is -0.306. The number of carbonyl (C=O) groups excluding carboxylic acids is 2. The van der Waals surface area contributed by atoms with Crippen LogP contribution in [0, 0.1) is 5.82 Å². The van der Waals surface area contributed by atoms with Crippen molar-refractivity contribution in [1.82, 2.24) is 9.80 Å². The Bertz CT molecular complexity index is 1010. The van der Waals surface area contributed by atoms with Gasteiger partial charge in [0, 0.05) is 47.5 Å². The third-order valence-electron chi connectivity index (χ3n) is 6.09. The van der Waals surface area contributed by atoms with E-state index in [2.05, 4.69) is 31.9 Å². The smallest absolute Gasteiger partial charge is 0.410 e. The van der Waals surface area contributed by atoms with Gasteiger partial charge < -0.3 is 14.5 Å². The van der Waals surface area contributed by atoms with Gasteiger partial charge in [0.25, 0.3) is 0 Å². The first kappa shape index (κ1) is 26.7. The lowest BCUT2D eigenvalue weighted by molar-refractivity contribution is -0.132. The normalized spacial score (nSPS) is 15.7. The Morgan fingerprint density at radius 3 is 2.15 bits per heavy atom. The van der Waals surface area contributed by atoms with Crippen LogP contribution in [0.5, 0.6) is 0 Å². The van der Waals surface area contributed by atoms with Gasteiger partial charge in [0.15, 0.2) is 0 Å². The topological polar surface area (TPSA) is 49.9 Å². The van der Waals surface area contributed by atoms with E-state index < -0.39 is 11.0 Å². The lowest BCUT2D eigenvalue weighted by atomic mass is 9.70. The van der Waals surface area contributed by atoms with Crippen molar-refractivity contribution in [2.45, 2.75) is 57.6 Å². The molecule has 2 amide bonds. The Labute approximate surface area is 217 Å². The Balaban J connectivity index is 1.77. The zero-order valence-electron chi connectivity index (χ0n) is 20.0. The molecule has 0 radical (unpaired) electrons. The zero-order chi connectivity index (χ0) is 25.1. The average Bonchev–Trinajstić information content (AvgIpc) is 2.72. The molecule has 1 fully saturated rings. The SMILES string of the molecule is CN(Cc1cc(Br)cc(Br)c1)C(=O)CC1(c2ccc(F)cc2)CCN(C(=O)OC(C)(C)C)CC1. The molecule has 1 aliphatic rings. The second kappa shape index (κ2) is 10.8. The van der Waals surface area contributed by atoms with E-state index in [1.807, 2.05) is 39.0 Å². The van der Waals surface area contributed by atoms with Crippen LogP contribution in [-0.4, -0.2) is 47.5 Å². The van der Waals surface area contributed by atoms with Gasteiger partial charge in [0.05, 0.1) is 0 Å². The van der Waals surface area contributed by atoms with Crippen molar-refractivity contribution in [3.63, 3.8) is 0 Å². The molecule has 0 aromatic heterocycles. The first-order chi connectivity index (χ1) is 15.9. The van der Waals surface area contributed by atoms with Gasteiger partial charge in [-0.15, -0.1) is 0 Å². The van der Waals surface area contributed by atoms with Gasteiger partial charge in [0.2, 0.25) is 5.91 Å². The van der Waals surface area contributed by atoms with Gasteiger partial charge in [-0.25, -0.2) is 9.18 Å². The number of rotatable bonds is 5. The van der Waals surface area contributed by atoms with E-state index in [0.29, 0.717) is 32.5 Å². The van der Waals surface area contributed by atoms with Gasteiger partial charge in [0.1, 0.15) is 11.4 Å². The number of hydrogen-bond acceptors (Lipinski definition) is 3. The van der Waals surface area contributed by atoms with Crippen LogP contribution in [0.1, 0.15) is 51.2 Å². The minimum atomic E-state index is -0.567. The number of halogens is 3. The lowest BCUT2D eigenvalue weighted by Crippen LogP contribution is -2.48. The van der Waals surface area contributed by atoms with Crippen molar-refractivity contribution in [2.75, 3.05) is 20.1 Å². The second-order valence-corrected chi connectivity index (χ2v) is 11.8. The number of ether oxygens (including phenoxy) is 1. The minimum absolute atomic E-state index is 0.00569. The second-order valence-electron chi connectivity index (χ2n) is 9.96. The number of hydrogen-bond donors (Lipinski definition) is 0. The largest absolute Gasteiger partial charge is 0.444 e. The first-order valence-electron chi connectivity index (χ1n) is 11.3. The molecule has 1 saturated heterocycles. The van der Waals surface area contributed by atoms with Crippen molar-refractivity contribution in [3.8, 4) is 0 Å². The highest BCUT2D eigenvalue weighted by Gasteiger charge is 2.40. The van der Waals surface area contributed by atoms with Crippen LogP contribution in [-0.2, 0) is 21.5 Å². The van der Waals surface area contributed by atoms with Gasteiger partial charge in [-0.05, 0) is 75.1 Å². The van der Waals surface area contributed by atoms with Gasteiger partial charge >= 0.3 is 6.09 Å². The number of carbonyl (C=O) groups is 2. The summed E-state index contributed by atoms with van der Waals surface area (Å²) < 4.78 is 21.1. The molecular weight excluding hydrogens is 567 g/mol. The van der Waals surface area contributed by atoms with Crippen LogP contribution in [0.3, 0.4) is 0 Å². The number of benzene rings is 2. The molecule has 184 valence electrons. The van der Waals surface area contributed by atoms with Crippen LogP contribution in [0.25, 0.3) is 0 Å². The molecule has 5 nitrogen and oxygen atoms in total. The van der Waals surface area contributed by atoms with E-state index in [1.54, 1.807) is 29.0 Å². The summed E-state index contributed by atoms with van der Waals surface area (Å²) in [6, 6.07) is 12.3. The summed E-state index contributed by atoms with van der Waals surface area (Å²) in [4.78, 5) is 29.3. The molecule has 34 heavy (non-hydrogen) atoms. The number of likely N-dealkylation sites (tertiary alicyclic amines) is 1. The number of nitrogens with zero attached hydrogens (tertiary/aromatic N) is 2. The van der Waals surface area contributed by atoms with Crippen molar-refractivity contribution < 1.29 is 18.7 Å². The van der Waals surface area contributed by atoms with Crippen molar-refractivity contribution in [2.24, 2.45) is 0 Å². The molecule has 1 heterocycles. The molecule has 0 bridgehead atoms. The van der Waals surface area contributed by atoms with E-state index in [-0.39, 0.29) is 24.2 Å². The third kappa shape index (κ3) is 7.04. The first-order valence-corrected chi connectivity index (χ1v) is 12.9. The van der Waals surface area contributed by atoms with E-state index >= 15 is 0 Å². The summed E-state index contributed by atoms with van der Waals surface area (Å²) in [6.45, 7) is 6.95. The van der Waals surface area contributed by atoms with E-state index in [1.165, 1.54) is 12.1 Å². The van der Waals surface area contributed by atoms with E-state index in [9.17, 15) is 14.0 Å². The molecule has 1 aliphatic heterocycles. The quantitative estimate of drug-likeness (QED) is 0.387.